The molecule has 0 aliphatic rings. The van der Waals surface area contributed by atoms with Crippen LogP contribution >= 0.6 is 43.2 Å². The van der Waals surface area contributed by atoms with Crippen LogP contribution in [0.1, 0.15) is 16.5 Å². The molecule has 0 spiro atoms. The molecule has 0 saturated carbocycles. The van der Waals surface area contributed by atoms with Crippen molar-refractivity contribution in [2.75, 3.05) is 0 Å². The first-order chi connectivity index (χ1) is 8.49. The maximum atomic E-state index is 13.7. The van der Waals surface area contributed by atoms with Crippen LogP contribution in [-0.4, -0.2) is 0 Å². The number of halogens is 4. The molecule has 6 heteroatoms. The minimum absolute atomic E-state index is 0.0708. The highest BCUT2D eigenvalue weighted by atomic mass is 79.9. The van der Waals surface area contributed by atoms with E-state index in [0.717, 1.165) is 9.35 Å². The highest BCUT2D eigenvalue weighted by Crippen LogP contribution is 2.30. The van der Waals surface area contributed by atoms with E-state index < -0.39 is 17.7 Å². The van der Waals surface area contributed by atoms with E-state index >= 15 is 0 Å². The van der Waals surface area contributed by atoms with Gasteiger partial charge in [-0.1, -0.05) is 15.9 Å². The van der Waals surface area contributed by atoms with E-state index in [4.69, 9.17) is 5.73 Å². The van der Waals surface area contributed by atoms with Crippen LogP contribution in [0.4, 0.5) is 8.78 Å². The minimum atomic E-state index is -0.701. The molecule has 0 aliphatic heterocycles. The molecular formula is C12H9Br2F2NS. The number of nitrogens with two attached hydrogens (primary N) is 1. The van der Waals surface area contributed by atoms with Crippen LogP contribution in [0.3, 0.4) is 0 Å². The monoisotopic (exact) mass is 395 g/mol. The zero-order valence-corrected chi connectivity index (χ0v) is 13.1. The Hall–Kier alpha value is -0.300. The summed E-state index contributed by atoms with van der Waals surface area (Å²) in [5.41, 5.74) is 5.83. The fraction of sp³-hybridized carbons (Fsp3) is 0.167. The van der Waals surface area contributed by atoms with Gasteiger partial charge in [-0.3, -0.25) is 0 Å². The van der Waals surface area contributed by atoms with E-state index in [1.165, 1.54) is 23.5 Å². The van der Waals surface area contributed by atoms with E-state index in [-0.39, 0.29) is 5.56 Å². The van der Waals surface area contributed by atoms with Crippen molar-refractivity contribution in [2.45, 2.75) is 12.5 Å². The molecule has 2 rings (SSSR count). The van der Waals surface area contributed by atoms with Gasteiger partial charge in [-0.15, -0.1) is 11.3 Å². The van der Waals surface area contributed by atoms with Gasteiger partial charge < -0.3 is 5.73 Å². The van der Waals surface area contributed by atoms with Crippen molar-refractivity contribution >= 4 is 43.2 Å². The maximum Gasteiger partial charge on any atom is 0.132 e. The summed E-state index contributed by atoms with van der Waals surface area (Å²) in [6.07, 6.45) is 0.397. The molecule has 1 aromatic heterocycles. The first-order valence-corrected chi connectivity index (χ1v) is 7.57. The Balaban J connectivity index is 2.29. The number of benzene rings is 1. The Bertz CT molecular complexity index is 548. The second-order valence-corrected chi connectivity index (χ2v) is 6.56. The van der Waals surface area contributed by atoms with Gasteiger partial charge in [-0.25, -0.2) is 8.78 Å². The molecule has 96 valence electrons. The molecule has 0 saturated heterocycles. The lowest BCUT2D eigenvalue weighted by atomic mass is 10.0. The zero-order chi connectivity index (χ0) is 13.3. The third-order valence-electron chi connectivity index (χ3n) is 2.51. The summed E-state index contributed by atoms with van der Waals surface area (Å²) in [7, 11) is 0. The van der Waals surface area contributed by atoms with Crippen molar-refractivity contribution in [1.82, 2.24) is 0 Å². The maximum absolute atomic E-state index is 13.7. The van der Waals surface area contributed by atoms with Gasteiger partial charge in [-0.2, -0.15) is 0 Å². The van der Waals surface area contributed by atoms with Crippen LogP contribution in [0.5, 0.6) is 0 Å². The Morgan fingerprint density at radius 2 is 1.83 bits per heavy atom. The summed E-state index contributed by atoms with van der Waals surface area (Å²) in [5.74, 6) is -1.25. The second-order valence-electron chi connectivity index (χ2n) is 3.79. The molecule has 18 heavy (non-hydrogen) atoms. The molecule has 0 aliphatic carbocycles. The predicted octanol–water partition coefficient (Wildman–Crippen LogP) is 4.79. The highest BCUT2D eigenvalue weighted by molar-refractivity contribution is 9.10. The van der Waals surface area contributed by atoms with Gasteiger partial charge in [0.25, 0.3) is 0 Å². The molecule has 1 aromatic carbocycles. The van der Waals surface area contributed by atoms with Crippen LogP contribution in [0.15, 0.2) is 32.5 Å². The fourth-order valence-electron chi connectivity index (χ4n) is 1.68. The van der Waals surface area contributed by atoms with Gasteiger partial charge in [0, 0.05) is 31.8 Å². The number of rotatable bonds is 3. The van der Waals surface area contributed by atoms with Crippen molar-refractivity contribution in [3.8, 4) is 0 Å². The van der Waals surface area contributed by atoms with Crippen LogP contribution in [-0.2, 0) is 6.42 Å². The molecule has 2 N–H and O–H groups in total. The summed E-state index contributed by atoms with van der Waals surface area (Å²) in [4.78, 5) is 0.976. The van der Waals surface area contributed by atoms with Crippen LogP contribution in [0.2, 0.25) is 0 Å². The molecule has 0 fully saturated rings. The van der Waals surface area contributed by atoms with Crippen LogP contribution in [0.25, 0.3) is 0 Å². The first kappa shape index (κ1) is 14.1. The lowest BCUT2D eigenvalue weighted by Gasteiger charge is -2.13. The number of hydrogen-bond acceptors (Lipinski definition) is 2. The summed E-state index contributed by atoms with van der Waals surface area (Å²) < 4.78 is 28.7. The smallest absolute Gasteiger partial charge is 0.132 e. The van der Waals surface area contributed by atoms with E-state index in [9.17, 15) is 8.78 Å². The molecule has 1 atom stereocenters. The summed E-state index contributed by atoms with van der Waals surface area (Å²) in [6, 6.07) is 3.64. The lowest BCUT2D eigenvalue weighted by molar-refractivity contribution is 0.524. The lowest BCUT2D eigenvalue weighted by Crippen LogP contribution is -2.16. The van der Waals surface area contributed by atoms with Crippen LogP contribution in [0, 0.1) is 11.6 Å². The molecule has 0 bridgehead atoms. The van der Waals surface area contributed by atoms with E-state index in [0.29, 0.717) is 10.9 Å². The molecule has 1 heterocycles. The molecular weight excluding hydrogens is 388 g/mol. The third kappa shape index (κ3) is 2.99. The standard InChI is InChI=1S/C12H9Br2F2NS/c13-6-3-8(15)12(9(16)4-6)10(17)5-11-7(14)1-2-18-11/h1-4,10H,5,17H2. The molecule has 1 unspecified atom stereocenters. The number of thiophene rings is 1. The van der Waals surface area contributed by atoms with E-state index in [1.807, 2.05) is 11.4 Å². The summed E-state index contributed by atoms with van der Waals surface area (Å²) >= 11 is 7.92. The van der Waals surface area contributed by atoms with Gasteiger partial charge in [0.2, 0.25) is 0 Å². The molecule has 1 nitrogen and oxygen atoms in total. The Morgan fingerprint density at radius 1 is 1.22 bits per heavy atom. The summed E-state index contributed by atoms with van der Waals surface area (Å²) in [5, 5.41) is 1.90. The minimum Gasteiger partial charge on any atom is -0.323 e. The summed E-state index contributed by atoms with van der Waals surface area (Å²) in [6.45, 7) is 0. The average Bonchev–Trinajstić information content (AvgIpc) is 2.62. The van der Waals surface area contributed by atoms with Crippen molar-refractivity contribution in [1.29, 1.82) is 0 Å². The molecule has 0 amide bonds. The highest BCUT2D eigenvalue weighted by Gasteiger charge is 2.19. The van der Waals surface area contributed by atoms with Crippen molar-refractivity contribution < 1.29 is 8.78 Å². The number of hydrogen-bond donors (Lipinski definition) is 1. The zero-order valence-electron chi connectivity index (χ0n) is 9.09. The van der Waals surface area contributed by atoms with Gasteiger partial charge in [0.05, 0.1) is 0 Å². The van der Waals surface area contributed by atoms with Crippen LogP contribution < -0.4 is 5.73 Å². The largest absolute Gasteiger partial charge is 0.323 e. The van der Waals surface area contributed by atoms with E-state index in [1.54, 1.807) is 0 Å². The average molecular weight is 397 g/mol. The van der Waals surface area contributed by atoms with Crippen molar-refractivity contribution in [3.05, 3.63) is 54.6 Å². The molecule has 0 radical (unpaired) electrons. The topological polar surface area (TPSA) is 26.0 Å². The van der Waals surface area contributed by atoms with Gasteiger partial charge >= 0.3 is 0 Å². The predicted molar refractivity (Wildman–Crippen MR) is 76.7 cm³/mol. The second kappa shape index (κ2) is 5.77. The molecule has 2 aromatic rings. The Kier molecular flexibility index (Phi) is 4.53. The Labute approximate surface area is 124 Å². The third-order valence-corrected chi connectivity index (χ3v) is 4.92. The normalized spacial score (nSPS) is 12.7. The van der Waals surface area contributed by atoms with E-state index in [2.05, 4.69) is 31.9 Å². The SMILES string of the molecule is NC(Cc1sccc1Br)c1c(F)cc(Br)cc1F. The quantitative estimate of drug-likeness (QED) is 0.792. The Morgan fingerprint density at radius 3 is 2.33 bits per heavy atom. The van der Waals surface area contributed by atoms with Gasteiger partial charge in [0.15, 0.2) is 0 Å². The fourth-order valence-corrected chi connectivity index (χ4v) is 3.66. The van der Waals surface area contributed by atoms with Gasteiger partial charge in [-0.05, 0) is 39.5 Å². The van der Waals surface area contributed by atoms with Crippen molar-refractivity contribution in [2.24, 2.45) is 5.73 Å². The first-order valence-electron chi connectivity index (χ1n) is 5.11. The van der Waals surface area contributed by atoms with Gasteiger partial charge in [0.1, 0.15) is 11.6 Å². The van der Waals surface area contributed by atoms with Crippen molar-refractivity contribution in [3.63, 3.8) is 0 Å².